The molecule has 0 aliphatic heterocycles. The Balaban J connectivity index is 1.70. The molecule has 0 saturated heterocycles. The summed E-state index contributed by atoms with van der Waals surface area (Å²) >= 11 is 0. The third-order valence-electron chi connectivity index (χ3n) is 3.02. The molecular formula is C14H19N3O2. The van der Waals surface area contributed by atoms with Crippen molar-refractivity contribution in [2.24, 2.45) is 5.73 Å². The van der Waals surface area contributed by atoms with Crippen molar-refractivity contribution in [3.63, 3.8) is 0 Å². The quantitative estimate of drug-likeness (QED) is 0.696. The van der Waals surface area contributed by atoms with E-state index in [4.69, 9.17) is 5.73 Å². The van der Waals surface area contributed by atoms with E-state index in [0.717, 1.165) is 18.4 Å². The summed E-state index contributed by atoms with van der Waals surface area (Å²) in [6, 6.07) is 9.42. The lowest BCUT2D eigenvalue weighted by Crippen LogP contribution is -2.38. The van der Waals surface area contributed by atoms with Crippen LogP contribution in [-0.4, -0.2) is 24.4 Å². The first-order valence-corrected chi connectivity index (χ1v) is 6.52. The number of carbonyl (C=O) groups is 2. The smallest absolute Gasteiger partial charge is 0.239 e. The Morgan fingerprint density at radius 2 is 1.89 bits per heavy atom. The van der Waals surface area contributed by atoms with Crippen LogP contribution in [0.4, 0.5) is 0 Å². The minimum atomic E-state index is -0.340. The Morgan fingerprint density at radius 3 is 2.53 bits per heavy atom. The SMILES string of the molecule is NC(CC(=O)NCC(=O)NC1CC1)c1ccccc1. The summed E-state index contributed by atoms with van der Waals surface area (Å²) in [6.45, 7) is 0.0246. The average molecular weight is 261 g/mol. The summed E-state index contributed by atoms with van der Waals surface area (Å²) in [5, 5.41) is 5.39. The van der Waals surface area contributed by atoms with Crippen LogP contribution in [0.5, 0.6) is 0 Å². The minimum Gasteiger partial charge on any atom is -0.352 e. The fourth-order valence-electron chi connectivity index (χ4n) is 1.78. The molecule has 0 heterocycles. The van der Waals surface area contributed by atoms with Gasteiger partial charge in [0.2, 0.25) is 11.8 Å². The van der Waals surface area contributed by atoms with Crippen LogP contribution in [0.1, 0.15) is 30.9 Å². The van der Waals surface area contributed by atoms with Crippen molar-refractivity contribution in [1.29, 1.82) is 0 Å². The highest BCUT2D eigenvalue weighted by molar-refractivity contribution is 5.85. The van der Waals surface area contributed by atoms with Crippen molar-refractivity contribution in [3.8, 4) is 0 Å². The maximum atomic E-state index is 11.7. The number of benzene rings is 1. The Hall–Kier alpha value is -1.88. The summed E-state index contributed by atoms with van der Waals surface area (Å²) in [5.41, 5.74) is 6.85. The van der Waals surface area contributed by atoms with E-state index < -0.39 is 0 Å². The molecule has 1 atom stereocenters. The van der Waals surface area contributed by atoms with Crippen LogP contribution in [0.3, 0.4) is 0 Å². The molecule has 1 aromatic rings. The van der Waals surface area contributed by atoms with Gasteiger partial charge >= 0.3 is 0 Å². The fraction of sp³-hybridized carbons (Fsp3) is 0.429. The predicted molar refractivity (Wildman–Crippen MR) is 72.2 cm³/mol. The molecule has 1 aliphatic carbocycles. The van der Waals surface area contributed by atoms with Gasteiger partial charge in [0, 0.05) is 18.5 Å². The van der Waals surface area contributed by atoms with E-state index in [2.05, 4.69) is 10.6 Å². The zero-order valence-electron chi connectivity index (χ0n) is 10.8. The van der Waals surface area contributed by atoms with E-state index in [1.54, 1.807) is 0 Å². The first-order chi connectivity index (χ1) is 9.15. The molecule has 1 aliphatic rings. The van der Waals surface area contributed by atoms with Crippen LogP contribution in [0.15, 0.2) is 30.3 Å². The molecule has 2 rings (SSSR count). The first-order valence-electron chi connectivity index (χ1n) is 6.52. The summed E-state index contributed by atoms with van der Waals surface area (Å²) in [7, 11) is 0. The van der Waals surface area contributed by atoms with Crippen molar-refractivity contribution in [1.82, 2.24) is 10.6 Å². The molecule has 102 valence electrons. The summed E-state index contributed by atoms with van der Waals surface area (Å²) in [5.74, 6) is -0.341. The number of amides is 2. The summed E-state index contributed by atoms with van der Waals surface area (Å²) < 4.78 is 0. The molecule has 5 nitrogen and oxygen atoms in total. The van der Waals surface area contributed by atoms with Gasteiger partial charge in [0.15, 0.2) is 0 Å². The molecule has 1 aromatic carbocycles. The molecule has 5 heteroatoms. The Labute approximate surface area is 112 Å². The molecule has 1 unspecified atom stereocenters. The van der Waals surface area contributed by atoms with E-state index in [1.165, 1.54) is 0 Å². The minimum absolute atomic E-state index is 0.0246. The zero-order valence-corrected chi connectivity index (χ0v) is 10.8. The van der Waals surface area contributed by atoms with Gasteiger partial charge in [-0.3, -0.25) is 9.59 Å². The Morgan fingerprint density at radius 1 is 1.21 bits per heavy atom. The van der Waals surface area contributed by atoms with Gasteiger partial charge in [0.05, 0.1) is 6.54 Å². The molecule has 1 saturated carbocycles. The standard InChI is InChI=1S/C14H19N3O2/c15-12(10-4-2-1-3-5-10)8-13(18)16-9-14(19)17-11-6-7-11/h1-5,11-12H,6-9,15H2,(H,16,18)(H,17,19). The number of hydrogen-bond acceptors (Lipinski definition) is 3. The number of carbonyl (C=O) groups excluding carboxylic acids is 2. The highest BCUT2D eigenvalue weighted by Crippen LogP contribution is 2.18. The van der Waals surface area contributed by atoms with E-state index in [0.29, 0.717) is 6.04 Å². The van der Waals surface area contributed by atoms with Crippen molar-refractivity contribution in [2.75, 3.05) is 6.54 Å². The largest absolute Gasteiger partial charge is 0.352 e. The van der Waals surface area contributed by atoms with E-state index in [-0.39, 0.29) is 30.8 Å². The lowest BCUT2D eigenvalue weighted by atomic mass is 10.0. The van der Waals surface area contributed by atoms with E-state index in [9.17, 15) is 9.59 Å². The normalized spacial score (nSPS) is 15.6. The van der Waals surface area contributed by atoms with Gasteiger partial charge in [0.1, 0.15) is 0 Å². The lowest BCUT2D eigenvalue weighted by molar-refractivity contribution is -0.126. The van der Waals surface area contributed by atoms with Crippen molar-refractivity contribution >= 4 is 11.8 Å². The van der Waals surface area contributed by atoms with Gasteiger partial charge < -0.3 is 16.4 Å². The van der Waals surface area contributed by atoms with E-state index >= 15 is 0 Å². The number of nitrogens with one attached hydrogen (secondary N) is 2. The highest BCUT2D eigenvalue weighted by Gasteiger charge is 2.23. The second-order valence-electron chi connectivity index (χ2n) is 4.84. The van der Waals surface area contributed by atoms with E-state index in [1.807, 2.05) is 30.3 Å². The maximum Gasteiger partial charge on any atom is 0.239 e. The van der Waals surface area contributed by atoms with Crippen molar-refractivity contribution in [2.45, 2.75) is 31.3 Å². The number of nitrogens with two attached hydrogens (primary N) is 1. The Bertz CT molecular complexity index is 443. The zero-order chi connectivity index (χ0) is 13.7. The van der Waals surface area contributed by atoms with Crippen LogP contribution >= 0.6 is 0 Å². The molecule has 2 amide bonds. The molecule has 1 fully saturated rings. The Kier molecular flexibility index (Phi) is 4.52. The van der Waals surface area contributed by atoms with Crippen molar-refractivity contribution < 1.29 is 9.59 Å². The maximum absolute atomic E-state index is 11.7. The second-order valence-corrected chi connectivity index (χ2v) is 4.84. The monoisotopic (exact) mass is 261 g/mol. The molecular weight excluding hydrogens is 242 g/mol. The molecule has 4 N–H and O–H groups in total. The van der Waals surface area contributed by atoms with Crippen molar-refractivity contribution in [3.05, 3.63) is 35.9 Å². The molecule has 0 spiro atoms. The third kappa shape index (κ3) is 4.71. The number of hydrogen-bond donors (Lipinski definition) is 3. The average Bonchev–Trinajstić information content (AvgIpc) is 3.21. The fourth-order valence-corrected chi connectivity index (χ4v) is 1.78. The summed E-state index contributed by atoms with van der Waals surface area (Å²) in [6.07, 6.45) is 2.26. The van der Waals surface area contributed by atoms with Gasteiger partial charge in [-0.15, -0.1) is 0 Å². The molecule has 0 radical (unpaired) electrons. The highest BCUT2D eigenvalue weighted by atomic mass is 16.2. The second kappa shape index (κ2) is 6.33. The van der Waals surface area contributed by atoms with Gasteiger partial charge in [-0.1, -0.05) is 30.3 Å². The van der Waals surface area contributed by atoms with Crippen LogP contribution in [0, 0.1) is 0 Å². The van der Waals surface area contributed by atoms with Gasteiger partial charge in [-0.25, -0.2) is 0 Å². The van der Waals surface area contributed by atoms with Gasteiger partial charge in [-0.2, -0.15) is 0 Å². The van der Waals surface area contributed by atoms with Crippen LogP contribution in [0.2, 0.25) is 0 Å². The first kappa shape index (κ1) is 13.5. The lowest BCUT2D eigenvalue weighted by Gasteiger charge is -2.12. The van der Waals surface area contributed by atoms with Gasteiger partial charge in [-0.05, 0) is 18.4 Å². The van der Waals surface area contributed by atoms with Crippen LogP contribution in [0.25, 0.3) is 0 Å². The van der Waals surface area contributed by atoms with Crippen LogP contribution < -0.4 is 16.4 Å². The molecule has 19 heavy (non-hydrogen) atoms. The third-order valence-corrected chi connectivity index (χ3v) is 3.02. The van der Waals surface area contributed by atoms with Crippen LogP contribution in [-0.2, 0) is 9.59 Å². The molecule has 0 bridgehead atoms. The summed E-state index contributed by atoms with van der Waals surface area (Å²) in [4.78, 5) is 23.1. The van der Waals surface area contributed by atoms with Gasteiger partial charge in [0.25, 0.3) is 0 Å². The molecule has 0 aromatic heterocycles. The number of rotatable bonds is 6. The predicted octanol–water partition coefficient (Wildman–Crippen LogP) is 0.471. The topological polar surface area (TPSA) is 84.2 Å².